The first kappa shape index (κ1) is 19.4. The quantitative estimate of drug-likeness (QED) is 0.387. The first-order valence-corrected chi connectivity index (χ1v) is 8.95. The highest BCUT2D eigenvalue weighted by Gasteiger charge is 2.47. The molecule has 0 spiro atoms. The molecule has 1 fully saturated rings. The van der Waals surface area contributed by atoms with Crippen molar-refractivity contribution in [1.82, 2.24) is 0 Å². The number of carbonyl (C=O) groups excluding carboxylic acids is 2. The smallest absolute Gasteiger partial charge is 0.300 e. The molecule has 7 heteroatoms. The predicted molar refractivity (Wildman–Crippen MR) is 104 cm³/mol. The van der Waals surface area contributed by atoms with Gasteiger partial charge in [-0.1, -0.05) is 18.2 Å². The van der Waals surface area contributed by atoms with Gasteiger partial charge >= 0.3 is 0 Å². The van der Waals surface area contributed by atoms with Crippen LogP contribution in [-0.4, -0.2) is 16.8 Å². The lowest BCUT2D eigenvalue weighted by Gasteiger charge is -2.25. The fourth-order valence-corrected chi connectivity index (χ4v) is 3.45. The SMILES string of the molecule is O=C1C(=O)N(c2ccc(F)cc2)C(c2ccccc2F)/C1=C(/O)c1ccc(F)cc1. The highest BCUT2D eigenvalue weighted by Crippen LogP contribution is 2.42. The van der Waals surface area contributed by atoms with Crippen molar-refractivity contribution in [3.05, 3.63) is 107 Å². The largest absolute Gasteiger partial charge is 0.507 e. The summed E-state index contributed by atoms with van der Waals surface area (Å²) in [6.45, 7) is 0. The van der Waals surface area contributed by atoms with Crippen LogP contribution in [0.1, 0.15) is 17.2 Å². The molecule has 1 aliphatic heterocycles. The minimum Gasteiger partial charge on any atom is -0.507 e. The van der Waals surface area contributed by atoms with E-state index in [1.165, 1.54) is 42.5 Å². The van der Waals surface area contributed by atoms with E-state index in [1.807, 2.05) is 0 Å². The maximum Gasteiger partial charge on any atom is 0.300 e. The molecule has 1 amide bonds. The lowest BCUT2D eigenvalue weighted by Crippen LogP contribution is -2.29. The van der Waals surface area contributed by atoms with Gasteiger partial charge in [0, 0.05) is 16.8 Å². The molecule has 4 rings (SSSR count). The minimum atomic E-state index is -1.29. The van der Waals surface area contributed by atoms with E-state index in [1.54, 1.807) is 0 Å². The molecular formula is C23H14F3NO3. The summed E-state index contributed by atoms with van der Waals surface area (Å²) in [5, 5.41) is 10.8. The monoisotopic (exact) mass is 409 g/mol. The molecule has 0 saturated carbocycles. The van der Waals surface area contributed by atoms with E-state index >= 15 is 0 Å². The average molecular weight is 409 g/mol. The maximum absolute atomic E-state index is 14.7. The van der Waals surface area contributed by atoms with E-state index in [0.29, 0.717) is 0 Å². The molecule has 1 atom stereocenters. The van der Waals surface area contributed by atoms with Crippen molar-refractivity contribution >= 4 is 23.1 Å². The number of carbonyl (C=O) groups is 2. The molecule has 0 radical (unpaired) electrons. The topological polar surface area (TPSA) is 57.6 Å². The van der Waals surface area contributed by atoms with Crippen LogP contribution in [0.3, 0.4) is 0 Å². The molecule has 3 aromatic rings. The normalized spacial score (nSPS) is 18.1. The second kappa shape index (κ2) is 7.51. The van der Waals surface area contributed by atoms with Crippen LogP contribution < -0.4 is 4.90 Å². The fraction of sp³-hybridized carbons (Fsp3) is 0.0435. The molecule has 1 N–H and O–H groups in total. The van der Waals surface area contributed by atoms with Crippen molar-refractivity contribution < 1.29 is 27.9 Å². The summed E-state index contributed by atoms with van der Waals surface area (Å²) in [6, 6.07) is 13.7. The second-order valence-electron chi connectivity index (χ2n) is 6.67. The summed E-state index contributed by atoms with van der Waals surface area (Å²) in [7, 11) is 0. The number of rotatable bonds is 3. The lowest BCUT2D eigenvalue weighted by atomic mass is 9.94. The van der Waals surface area contributed by atoms with E-state index in [4.69, 9.17) is 0 Å². The third-order valence-electron chi connectivity index (χ3n) is 4.87. The highest BCUT2D eigenvalue weighted by atomic mass is 19.1. The Balaban J connectivity index is 1.96. The Kier molecular flexibility index (Phi) is 4.87. The summed E-state index contributed by atoms with van der Waals surface area (Å²) in [5.41, 5.74) is -0.120. The Morgan fingerprint density at radius 1 is 0.800 bits per heavy atom. The molecule has 3 aromatic carbocycles. The van der Waals surface area contributed by atoms with Crippen molar-refractivity contribution in [3.8, 4) is 0 Å². The van der Waals surface area contributed by atoms with Crippen molar-refractivity contribution in [2.45, 2.75) is 6.04 Å². The van der Waals surface area contributed by atoms with Gasteiger partial charge in [0.05, 0.1) is 11.6 Å². The third kappa shape index (κ3) is 3.24. The zero-order valence-electron chi connectivity index (χ0n) is 15.4. The molecule has 0 bridgehead atoms. The number of aliphatic hydroxyl groups excluding tert-OH is 1. The number of amides is 1. The zero-order valence-corrected chi connectivity index (χ0v) is 15.4. The number of aliphatic hydroxyl groups is 1. The van der Waals surface area contributed by atoms with E-state index < -0.39 is 40.9 Å². The van der Waals surface area contributed by atoms with Crippen molar-refractivity contribution in [2.75, 3.05) is 4.90 Å². The average Bonchev–Trinajstić information content (AvgIpc) is 3.00. The van der Waals surface area contributed by atoms with Crippen LogP contribution in [0.15, 0.2) is 78.4 Å². The van der Waals surface area contributed by atoms with Crippen LogP contribution in [0.25, 0.3) is 5.76 Å². The van der Waals surface area contributed by atoms with E-state index in [2.05, 4.69) is 0 Å². The Hall–Kier alpha value is -3.87. The summed E-state index contributed by atoms with van der Waals surface area (Å²) in [5.74, 6) is -4.39. The fourth-order valence-electron chi connectivity index (χ4n) is 3.45. The number of halogens is 3. The zero-order chi connectivity index (χ0) is 21.4. The number of Topliss-reactive ketones (excluding diaryl/α,β-unsaturated/α-hetero) is 1. The number of nitrogens with zero attached hydrogens (tertiary/aromatic N) is 1. The van der Waals surface area contributed by atoms with Gasteiger partial charge in [-0.15, -0.1) is 0 Å². The highest BCUT2D eigenvalue weighted by molar-refractivity contribution is 6.51. The van der Waals surface area contributed by atoms with Gasteiger partial charge in [-0.25, -0.2) is 13.2 Å². The summed E-state index contributed by atoms with van der Waals surface area (Å²) >= 11 is 0. The Morgan fingerprint density at radius 3 is 1.97 bits per heavy atom. The van der Waals surface area contributed by atoms with Crippen LogP contribution in [0.5, 0.6) is 0 Å². The number of anilines is 1. The standard InChI is InChI=1S/C23H14F3NO3/c24-14-7-5-13(6-8-14)21(28)19-20(17-3-1-2-4-18(17)26)27(23(30)22(19)29)16-11-9-15(25)10-12-16/h1-12,20,28H/b21-19-. The molecule has 30 heavy (non-hydrogen) atoms. The van der Waals surface area contributed by atoms with Crippen molar-refractivity contribution in [3.63, 3.8) is 0 Å². The van der Waals surface area contributed by atoms with Gasteiger partial charge in [0.15, 0.2) is 0 Å². The van der Waals surface area contributed by atoms with Gasteiger partial charge in [-0.2, -0.15) is 0 Å². The van der Waals surface area contributed by atoms with Gasteiger partial charge in [0.1, 0.15) is 23.2 Å². The van der Waals surface area contributed by atoms with Gasteiger partial charge in [-0.05, 0) is 54.6 Å². The Labute approximate surface area is 169 Å². The molecule has 150 valence electrons. The minimum absolute atomic E-state index is 0.0234. The van der Waals surface area contributed by atoms with Gasteiger partial charge in [-0.3, -0.25) is 14.5 Å². The number of hydrogen-bond acceptors (Lipinski definition) is 3. The summed E-state index contributed by atoms with van der Waals surface area (Å²) in [6.07, 6.45) is 0. The molecule has 4 nitrogen and oxygen atoms in total. The maximum atomic E-state index is 14.7. The second-order valence-corrected chi connectivity index (χ2v) is 6.67. The van der Waals surface area contributed by atoms with Crippen LogP contribution in [0.2, 0.25) is 0 Å². The molecule has 1 aliphatic rings. The third-order valence-corrected chi connectivity index (χ3v) is 4.87. The number of ketones is 1. The molecule has 1 unspecified atom stereocenters. The first-order chi connectivity index (χ1) is 14.4. The molecule has 1 saturated heterocycles. The first-order valence-electron chi connectivity index (χ1n) is 8.95. The van der Waals surface area contributed by atoms with Gasteiger partial charge in [0.2, 0.25) is 0 Å². The summed E-state index contributed by atoms with van der Waals surface area (Å²) < 4.78 is 41.3. The predicted octanol–water partition coefficient (Wildman–Crippen LogP) is 4.73. The van der Waals surface area contributed by atoms with Crippen molar-refractivity contribution in [2.24, 2.45) is 0 Å². The van der Waals surface area contributed by atoms with Gasteiger partial charge < -0.3 is 5.11 Å². The van der Waals surface area contributed by atoms with Crippen LogP contribution in [-0.2, 0) is 9.59 Å². The van der Waals surface area contributed by atoms with Gasteiger partial charge in [0.25, 0.3) is 11.7 Å². The van der Waals surface area contributed by atoms with E-state index in [9.17, 15) is 27.9 Å². The molecular weight excluding hydrogens is 395 g/mol. The van der Waals surface area contributed by atoms with Crippen LogP contribution in [0, 0.1) is 17.5 Å². The van der Waals surface area contributed by atoms with Crippen molar-refractivity contribution in [1.29, 1.82) is 0 Å². The Morgan fingerprint density at radius 2 is 1.37 bits per heavy atom. The molecule has 0 aromatic heterocycles. The number of benzene rings is 3. The van der Waals surface area contributed by atoms with Crippen LogP contribution in [0.4, 0.5) is 18.9 Å². The van der Waals surface area contributed by atoms with Crippen LogP contribution >= 0.6 is 0 Å². The molecule has 0 aliphatic carbocycles. The number of hydrogen-bond donors (Lipinski definition) is 1. The Bertz CT molecular complexity index is 1170. The van der Waals surface area contributed by atoms with E-state index in [0.717, 1.165) is 35.2 Å². The lowest BCUT2D eigenvalue weighted by molar-refractivity contribution is -0.132. The van der Waals surface area contributed by atoms with E-state index in [-0.39, 0.29) is 22.4 Å². The molecule has 1 heterocycles. The summed E-state index contributed by atoms with van der Waals surface area (Å²) in [4.78, 5) is 26.7.